The van der Waals surface area contributed by atoms with Crippen LogP contribution in [0.1, 0.15) is 4.88 Å². The molecule has 0 spiro atoms. The number of methoxy groups -OCH3 is 1. The van der Waals surface area contributed by atoms with E-state index in [4.69, 9.17) is 9.88 Å². The summed E-state index contributed by atoms with van der Waals surface area (Å²) in [6, 6.07) is 3.64. The molecular weight excluding hydrogens is 328 g/mol. The summed E-state index contributed by atoms with van der Waals surface area (Å²) in [5.41, 5.74) is 0. The van der Waals surface area contributed by atoms with E-state index in [0.717, 1.165) is 22.5 Å². The third-order valence-electron chi connectivity index (χ3n) is 2.30. The van der Waals surface area contributed by atoms with E-state index >= 15 is 0 Å². The predicted molar refractivity (Wildman–Crippen MR) is 81.9 cm³/mol. The molecule has 0 saturated carbocycles. The Balaban J connectivity index is 0.00000180. The maximum atomic E-state index is 11.2. The van der Waals surface area contributed by atoms with Crippen LogP contribution in [0.25, 0.3) is 9.40 Å². The van der Waals surface area contributed by atoms with Crippen LogP contribution < -0.4 is 10.5 Å². The Kier molecular flexibility index (Phi) is 6.18. The van der Waals surface area contributed by atoms with Gasteiger partial charge in [0.1, 0.15) is 4.21 Å². The number of hydrogen-bond acceptors (Lipinski definition) is 6. The molecule has 0 aliphatic rings. The maximum Gasteiger partial charge on any atom is 0.247 e. The van der Waals surface area contributed by atoms with Crippen molar-refractivity contribution in [1.82, 2.24) is 5.32 Å². The molecule has 0 amide bonds. The SMILES string of the molecule is COCCNCc1cc2sc(S(N)(=O)=O)cc2s1.Cl. The van der Waals surface area contributed by atoms with E-state index in [1.165, 1.54) is 16.2 Å². The fourth-order valence-corrected chi connectivity index (χ4v) is 4.69. The smallest absolute Gasteiger partial charge is 0.247 e. The van der Waals surface area contributed by atoms with Crippen molar-refractivity contribution in [1.29, 1.82) is 0 Å². The Morgan fingerprint density at radius 3 is 2.58 bits per heavy atom. The summed E-state index contributed by atoms with van der Waals surface area (Å²) >= 11 is 2.79. The molecule has 0 aliphatic heterocycles. The monoisotopic (exact) mass is 342 g/mol. The second-order valence-corrected chi connectivity index (χ2v) is 7.76. The number of ether oxygens (including phenoxy) is 1. The first-order valence-electron chi connectivity index (χ1n) is 5.25. The molecule has 5 nitrogen and oxygen atoms in total. The Bertz CT molecular complexity index is 604. The molecule has 108 valence electrons. The molecule has 19 heavy (non-hydrogen) atoms. The van der Waals surface area contributed by atoms with Crippen molar-refractivity contribution in [2.45, 2.75) is 10.8 Å². The zero-order valence-corrected chi connectivity index (χ0v) is 13.5. The molecule has 0 unspecified atom stereocenters. The lowest BCUT2D eigenvalue weighted by Gasteiger charge is -2.00. The zero-order valence-electron chi connectivity index (χ0n) is 10.2. The van der Waals surface area contributed by atoms with Gasteiger partial charge in [-0.1, -0.05) is 0 Å². The molecule has 9 heteroatoms. The highest BCUT2D eigenvalue weighted by molar-refractivity contribution is 7.91. The number of fused-ring (bicyclic) bond motifs is 1. The van der Waals surface area contributed by atoms with Gasteiger partial charge >= 0.3 is 0 Å². The second kappa shape index (κ2) is 6.98. The number of nitrogens with one attached hydrogen (secondary N) is 1. The van der Waals surface area contributed by atoms with Crippen molar-refractivity contribution in [3.05, 3.63) is 17.0 Å². The van der Waals surface area contributed by atoms with E-state index in [9.17, 15) is 8.42 Å². The van der Waals surface area contributed by atoms with Gasteiger partial charge < -0.3 is 10.1 Å². The first-order valence-corrected chi connectivity index (χ1v) is 8.43. The highest BCUT2D eigenvalue weighted by Crippen LogP contribution is 2.34. The van der Waals surface area contributed by atoms with Crippen LogP contribution in [0.2, 0.25) is 0 Å². The molecular formula is C10H15ClN2O3S3. The minimum atomic E-state index is -3.58. The third-order valence-corrected chi connectivity index (χ3v) is 6.01. The molecule has 0 radical (unpaired) electrons. The van der Waals surface area contributed by atoms with Crippen LogP contribution in [0.3, 0.4) is 0 Å². The van der Waals surface area contributed by atoms with Crippen LogP contribution in [-0.4, -0.2) is 28.7 Å². The number of thiophene rings is 2. The summed E-state index contributed by atoms with van der Waals surface area (Å²) in [4.78, 5) is 1.17. The average Bonchev–Trinajstić information content (AvgIpc) is 2.80. The van der Waals surface area contributed by atoms with E-state index < -0.39 is 10.0 Å². The average molecular weight is 343 g/mol. The Morgan fingerprint density at radius 1 is 1.32 bits per heavy atom. The second-order valence-electron chi connectivity index (χ2n) is 3.72. The van der Waals surface area contributed by atoms with Crippen LogP contribution in [0.5, 0.6) is 0 Å². The van der Waals surface area contributed by atoms with Gasteiger partial charge in [0.15, 0.2) is 0 Å². The minimum absolute atomic E-state index is 0. The molecule has 0 bridgehead atoms. The van der Waals surface area contributed by atoms with Crippen LogP contribution in [0.15, 0.2) is 16.3 Å². The van der Waals surface area contributed by atoms with Crippen LogP contribution in [0.4, 0.5) is 0 Å². The number of hydrogen-bond donors (Lipinski definition) is 2. The van der Waals surface area contributed by atoms with Gasteiger partial charge in [0.2, 0.25) is 10.0 Å². The molecule has 3 N–H and O–H groups in total. The number of rotatable bonds is 6. The first kappa shape index (κ1) is 16.8. The highest BCUT2D eigenvalue weighted by Gasteiger charge is 2.14. The van der Waals surface area contributed by atoms with E-state index in [1.807, 2.05) is 6.07 Å². The van der Waals surface area contributed by atoms with Gasteiger partial charge in [-0.2, -0.15) is 0 Å². The zero-order chi connectivity index (χ0) is 13.2. The predicted octanol–water partition coefficient (Wildman–Crippen LogP) is 1.77. The summed E-state index contributed by atoms with van der Waals surface area (Å²) in [6.45, 7) is 2.24. The summed E-state index contributed by atoms with van der Waals surface area (Å²) in [5.74, 6) is 0. The van der Waals surface area contributed by atoms with Gasteiger partial charge in [0, 0.05) is 34.5 Å². The summed E-state index contributed by atoms with van der Waals surface area (Å²) in [7, 11) is -1.91. The van der Waals surface area contributed by atoms with E-state index in [2.05, 4.69) is 5.32 Å². The van der Waals surface area contributed by atoms with Gasteiger partial charge in [-0.05, 0) is 12.1 Å². The van der Waals surface area contributed by atoms with Gasteiger partial charge in [0.25, 0.3) is 0 Å². The maximum absolute atomic E-state index is 11.2. The Labute approximate surface area is 126 Å². The lowest BCUT2D eigenvalue weighted by Crippen LogP contribution is -2.17. The van der Waals surface area contributed by atoms with Crippen molar-refractivity contribution in [2.75, 3.05) is 20.3 Å². The standard InChI is InChI=1S/C10H14N2O3S3.ClH/c1-15-3-2-12-6-7-4-8-9(16-7)5-10(17-8)18(11,13)14;/h4-5,12H,2-3,6H2,1H3,(H2,11,13,14);1H. The first-order chi connectivity index (χ1) is 8.50. The fraction of sp³-hybridized carbons (Fsp3) is 0.400. The van der Waals surface area contributed by atoms with Crippen molar-refractivity contribution in [3.63, 3.8) is 0 Å². The van der Waals surface area contributed by atoms with Crippen molar-refractivity contribution < 1.29 is 13.2 Å². The lowest BCUT2D eigenvalue weighted by atomic mass is 10.4. The number of primary sulfonamides is 1. The Morgan fingerprint density at radius 2 is 2.00 bits per heavy atom. The summed E-state index contributed by atoms with van der Waals surface area (Å²) < 4.78 is 29.5. The molecule has 0 aromatic carbocycles. The third kappa shape index (κ3) is 4.38. The van der Waals surface area contributed by atoms with E-state index in [-0.39, 0.29) is 16.6 Å². The lowest BCUT2D eigenvalue weighted by molar-refractivity contribution is 0.199. The topological polar surface area (TPSA) is 81.4 Å². The number of halogens is 1. The quantitative estimate of drug-likeness (QED) is 0.784. The van der Waals surface area contributed by atoms with Crippen LogP contribution in [-0.2, 0) is 21.3 Å². The van der Waals surface area contributed by atoms with Gasteiger partial charge in [-0.25, -0.2) is 13.6 Å². The van der Waals surface area contributed by atoms with Gasteiger partial charge in [0.05, 0.1) is 6.61 Å². The normalized spacial score (nSPS) is 11.7. The van der Waals surface area contributed by atoms with Crippen molar-refractivity contribution in [2.24, 2.45) is 5.14 Å². The molecule has 2 rings (SSSR count). The number of nitrogens with two attached hydrogens (primary N) is 1. The molecule has 2 aromatic heterocycles. The molecule has 0 fully saturated rings. The summed E-state index contributed by atoms with van der Waals surface area (Å²) in [6.07, 6.45) is 0. The molecule has 0 atom stereocenters. The van der Waals surface area contributed by atoms with Crippen molar-refractivity contribution in [3.8, 4) is 0 Å². The number of sulfonamides is 1. The van der Waals surface area contributed by atoms with E-state index in [1.54, 1.807) is 24.5 Å². The van der Waals surface area contributed by atoms with Crippen LogP contribution >= 0.6 is 35.1 Å². The summed E-state index contributed by atoms with van der Waals surface area (Å²) in [5, 5.41) is 8.34. The molecule has 0 aliphatic carbocycles. The molecule has 2 heterocycles. The van der Waals surface area contributed by atoms with E-state index in [0.29, 0.717) is 6.61 Å². The molecule has 0 saturated heterocycles. The van der Waals surface area contributed by atoms with Crippen molar-refractivity contribution >= 4 is 54.5 Å². The van der Waals surface area contributed by atoms with Gasteiger partial charge in [-0.15, -0.1) is 35.1 Å². The largest absolute Gasteiger partial charge is 0.383 e. The molecule has 2 aromatic rings. The van der Waals surface area contributed by atoms with Gasteiger partial charge in [-0.3, -0.25) is 0 Å². The fourth-order valence-electron chi connectivity index (χ4n) is 1.48. The highest BCUT2D eigenvalue weighted by atomic mass is 35.5. The minimum Gasteiger partial charge on any atom is -0.383 e. The van der Waals surface area contributed by atoms with Crippen LogP contribution in [0, 0.1) is 0 Å². The Hall–Kier alpha value is -0.220.